The number of aliphatic hydroxyl groups excluding tert-OH is 1. The molecule has 0 spiro atoms. The molecule has 39 heavy (non-hydrogen) atoms. The van der Waals surface area contributed by atoms with Gasteiger partial charge in [0.2, 0.25) is 5.91 Å². The predicted octanol–water partition coefficient (Wildman–Crippen LogP) is 1.77. The molecule has 3 N–H and O–H groups in total. The van der Waals surface area contributed by atoms with E-state index in [4.69, 9.17) is 5.11 Å². The summed E-state index contributed by atoms with van der Waals surface area (Å²) in [6.07, 6.45) is 6.75. The highest BCUT2D eigenvalue weighted by Gasteiger charge is 2.52. The Bertz CT molecular complexity index is 1370. The van der Waals surface area contributed by atoms with Crippen LogP contribution in [0.1, 0.15) is 30.2 Å². The second-order valence-corrected chi connectivity index (χ2v) is 10.0. The van der Waals surface area contributed by atoms with E-state index < -0.39 is 11.5 Å². The molecule has 5 rings (SSSR count). The van der Waals surface area contributed by atoms with Crippen LogP contribution in [-0.2, 0) is 34.7 Å². The van der Waals surface area contributed by atoms with Gasteiger partial charge in [0.05, 0.1) is 24.5 Å². The lowest BCUT2D eigenvalue weighted by Gasteiger charge is -2.29. The highest BCUT2D eigenvalue weighted by atomic mass is 16.3. The number of carbonyl (C=O) groups excluding carboxylic acids is 2. The molecule has 0 aliphatic carbocycles. The molecule has 1 fully saturated rings. The molecule has 0 radical (unpaired) electrons. The average Bonchev–Trinajstić information content (AvgIpc) is 3.48. The number of allylic oxidation sites excluding steroid dienone is 1. The summed E-state index contributed by atoms with van der Waals surface area (Å²) >= 11 is 0. The Hall–Kier alpha value is -3.86. The third kappa shape index (κ3) is 5.36. The fourth-order valence-corrected chi connectivity index (χ4v) is 5.27. The largest absolute Gasteiger partial charge is 0.396 e. The summed E-state index contributed by atoms with van der Waals surface area (Å²) in [6.45, 7) is 4.40. The van der Waals surface area contributed by atoms with Gasteiger partial charge < -0.3 is 25.3 Å². The van der Waals surface area contributed by atoms with Crippen LogP contribution < -0.4 is 15.1 Å². The standard InChI is InChI=1S/C29H34N6O4/c1-21(7-4-5-14-33-20-23(12-16-36)31-32-33)29(39)25-10-2-3-11-26(25)35(28(29)38)19-22-8-6-9-24(17-22)34-15-13-30-18-27(34)37/h2-4,6-11,17,20-21,30,36,39H,5,12-16,18-19H2,1H3/b7-4+/t21-,29+/m1/s1. The number of rotatable bonds is 10. The van der Waals surface area contributed by atoms with Crippen LogP contribution in [0.2, 0.25) is 0 Å². The topological polar surface area (TPSA) is 124 Å². The molecule has 2 aliphatic rings. The normalized spacial score (nSPS) is 20.2. The molecule has 2 atom stereocenters. The van der Waals surface area contributed by atoms with Gasteiger partial charge in [0.15, 0.2) is 5.60 Å². The number of amides is 2. The molecular weight excluding hydrogens is 496 g/mol. The van der Waals surface area contributed by atoms with Crippen molar-refractivity contribution in [2.45, 2.75) is 38.5 Å². The van der Waals surface area contributed by atoms with Gasteiger partial charge in [-0.1, -0.05) is 54.6 Å². The Labute approximate surface area is 227 Å². The molecule has 2 aliphatic heterocycles. The first-order chi connectivity index (χ1) is 18.9. The van der Waals surface area contributed by atoms with Gasteiger partial charge in [0, 0.05) is 56.0 Å². The fraction of sp³-hybridized carbons (Fsp3) is 0.379. The maximum Gasteiger partial charge on any atom is 0.264 e. The maximum atomic E-state index is 13.8. The smallest absolute Gasteiger partial charge is 0.264 e. The summed E-state index contributed by atoms with van der Waals surface area (Å²) in [7, 11) is 0. The monoisotopic (exact) mass is 530 g/mol. The van der Waals surface area contributed by atoms with Gasteiger partial charge >= 0.3 is 0 Å². The number of fused-ring (bicyclic) bond motifs is 1. The number of aliphatic hydroxyl groups is 2. The van der Waals surface area contributed by atoms with Gasteiger partial charge in [0.25, 0.3) is 5.91 Å². The lowest BCUT2D eigenvalue weighted by atomic mass is 9.83. The molecule has 2 amide bonds. The molecule has 3 aromatic rings. The minimum atomic E-state index is -1.69. The minimum absolute atomic E-state index is 0.0189. The highest BCUT2D eigenvalue weighted by molar-refractivity contribution is 6.07. The van der Waals surface area contributed by atoms with E-state index in [1.165, 1.54) is 0 Å². The number of benzene rings is 2. The number of hydrogen-bond donors (Lipinski definition) is 3. The molecule has 0 saturated carbocycles. The average molecular weight is 531 g/mol. The second-order valence-electron chi connectivity index (χ2n) is 10.0. The predicted molar refractivity (Wildman–Crippen MR) is 147 cm³/mol. The van der Waals surface area contributed by atoms with Crippen molar-refractivity contribution in [3.8, 4) is 0 Å². The summed E-state index contributed by atoms with van der Waals surface area (Å²) in [5.74, 6) is -0.818. The number of nitrogens with zero attached hydrogens (tertiary/aromatic N) is 5. The molecule has 1 aromatic heterocycles. The maximum absolute atomic E-state index is 13.8. The van der Waals surface area contributed by atoms with Crippen LogP contribution in [0.4, 0.5) is 11.4 Å². The van der Waals surface area contributed by atoms with Crippen LogP contribution in [0.5, 0.6) is 0 Å². The van der Waals surface area contributed by atoms with E-state index in [0.29, 0.717) is 43.7 Å². The first kappa shape index (κ1) is 26.7. The van der Waals surface area contributed by atoms with E-state index in [-0.39, 0.29) is 25.0 Å². The molecule has 10 heteroatoms. The Morgan fingerprint density at radius 2 is 2.03 bits per heavy atom. The fourth-order valence-electron chi connectivity index (χ4n) is 5.27. The number of piperazine rings is 1. The van der Waals surface area contributed by atoms with Gasteiger partial charge in [-0.2, -0.15) is 0 Å². The number of anilines is 2. The molecule has 0 bridgehead atoms. The molecular formula is C29H34N6O4. The second kappa shape index (κ2) is 11.5. The van der Waals surface area contributed by atoms with Crippen LogP contribution in [0, 0.1) is 5.92 Å². The van der Waals surface area contributed by atoms with Gasteiger partial charge in [0.1, 0.15) is 0 Å². The molecule has 2 aromatic carbocycles. The van der Waals surface area contributed by atoms with Crippen molar-refractivity contribution in [3.05, 3.63) is 83.7 Å². The van der Waals surface area contributed by atoms with Crippen LogP contribution in [0.3, 0.4) is 0 Å². The molecule has 3 heterocycles. The number of para-hydroxylation sites is 1. The number of aromatic nitrogens is 3. The summed E-state index contributed by atoms with van der Waals surface area (Å²) in [6, 6.07) is 15.0. The van der Waals surface area contributed by atoms with Crippen molar-refractivity contribution in [2.75, 3.05) is 36.0 Å². The van der Waals surface area contributed by atoms with Crippen LogP contribution in [0.15, 0.2) is 66.9 Å². The van der Waals surface area contributed by atoms with E-state index in [2.05, 4.69) is 15.6 Å². The molecule has 1 saturated heterocycles. The zero-order valence-corrected chi connectivity index (χ0v) is 22.0. The van der Waals surface area contributed by atoms with E-state index in [1.54, 1.807) is 14.5 Å². The number of hydrogen-bond acceptors (Lipinski definition) is 7. The number of aryl methyl sites for hydroxylation is 1. The van der Waals surface area contributed by atoms with E-state index in [1.807, 2.05) is 73.8 Å². The lowest BCUT2D eigenvalue weighted by Crippen LogP contribution is -2.48. The van der Waals surface area contributed by atoms with E-state index >= 15 is 0 Å². The Kier molecular flexibility index (Phi) is 7.87. The Morgan fingerprint density at radius 1 is 1.18 bits per heavy atom. The van der Waals surface area contributed by atoms with Gasteiger partial charge in [-0.15, -0.1) is 5.10 Å². The van der Waals surface area contributed by atoms with Crippen molar-refractivity contribution in [1.82, 2.24) is 20.3 Å². The minimum Gasteiger partial charge on any atom is -0.396 e. The van der Waals surface area contributed by atoms with Gasteiger partial charge in [-0.25, -0.2) is 0 Å². The zero-order chi connectivity index (χ0) is 27.4. The van der Waals surface area contributed by atoms with Crippen molar-refractivity contribution < 1.29 is 19.8 Å². The van der Waals surface area contributed by atoms with Crippen molar-refractivity contribution in [3.63, 3.8) is 0 Å². The quantitative estimate of drug-likeness (QED) is 0.341. The third-order valence-corrected chi connectivity index (χ3v) is 7.39. The van der Waals surface area contributed by atoms with Crippen molar-refractivity contribution in [2.24, 2.45) is 5.92 Å². The van der Waals surface area contributed by atoms with Crippen LogP contribution in [0.25, 0.3) is 0 Å². The number of nitrogens with one attached hydrogen (secondary N) is 1. The molecule has 204 valence electrons. The third-order valence-electron chi connectivity index (χ3n) is 7.39. The number of carbonyl (C=O) groups is 2. The van der Waals surface area contributed by atoms with Crippen molar-refractivity contribution >= 4 is 23.2 Å². The summed E-state index contributed by atoms with van der Waals surface area (Å²) in [5.41, 5.74) is 2.01. The van der Waals surface area contributed by atoms with E-state index in [0.717, 1.165) is 23.5 Å². The van der Waals surface area contributed by atoms with Gasteiger partial charge in [-0.05, 0) is 30.2 Å². The highest BCUT2D eigenvalue weighted by Crippen LogP contribution is 2.45. The molecule has 10 nitrogen and oxygen atoms in total. The van der Waals surface area contributed by atoms with Gasteiger partial charge in [-0.3, -0.25) is 14.3 Å². The van der Waals surface area contributed by atoms with Crippen LogP contribution in [-0.4, -0.2) is 63.3 Å². The zero-order valence-electron chi connectivity index (χ0n) is 22.0. The van der Waals surface area contributed by atoms with Crippen LogP contribution >= 0.6 is 0 Å². The summed E-state index contributed by atoms with van der Waals surface area (Å²) in [4.78, 5) is 29.6. The Morgan fingerprint density at radius 3 is 2.85 bits per heavy atom. The first-order valence-electron chi connectivity index (χ1n) is 13.3. The lowest BCUT2D eigenvalue weighted by molar-refractivity contribution is -0.139. The first-order valence-corrected chi connectivity index (χ1v) is 13.3. The Balaban J connectivity index is 1.31. The van der Waals surface area contributed by atoms with Crippen molar-refractivity contribution in [1.29, 1.82) is 0 Å². The SMILES string of the molecule is C[C@H](/C=C/CCn1cc(CCO)nn1)[C@@]1(O)C(=O)N(Cc2cccc(N3CCNCC3=O)c2)c2ccccc21. The summed E-state index contributed by atoms with van der Waals surface area (Å²) < 4.78 is 1.72. The molecule has 0 unspecified atom stereocenters. The van der Waals surface area contributed by atoms with E-state index in [9.17, 15) is 14.7 Å². The summed E-state index contributed by atoms with van der Waals surface area (Å²) in [5, 5.41) is 32.1.